The van der Waals surface area contributed by atoms with Crippen LogP contribution in [0.3, 0.4) is 0 Å². The van der Waals surface area contributed by atoms with Crippen molar-refractivity contribution in [3.63, 3.8) is 0 Å². The van der Waals surface area contributed by atoms with Crippen LogP contribution in [0.5, 0.6) is 0 Å². The van der Waals surface area contributed by atoms with E-state index in [1.54, 1.807) is 7.11 Å². The van der Waals surface area contributed by atoms with Gasteiger partial charge in [-0.1, -0.05) is 48.5 Å². The first-order valence-corrected chi connectivity index (χ1v) is 14.1. The number of carboxylic acid groups (broad SMARTS) is 1. The molecule has 2 aliphatic heterocycles. The molecule has 2 fully saturated rings. The maximum absolute atomic E-state index is 14.0. The highest BCUT2D eigenvalue weighted by atomic mass is 16.5. The van der Waals surface area contributed by atoms with Crippen LogP contribution in [0.1, 0.15) is 42.0 Å². The zero-order chi connectivity index (χ0) is 27.4. The van der Waals surface area contributed by atoms with Gasteiger partial charge < -0.3 is 24.6 Å². The Hall–Kier alpha value is -3.36. The quantitative estimate of drug-likeness (QED) is 0.398. The third-order valence-corrected chi connectivity index (χ3v) is 8.39. The van der Waals surface area contributed by atoms with Crippen molar-refractivity contribution in [2.45, 2.75) is 51.2 Å². The predicted octanol–water partition coefficient (Wildman–Crippen LogP) is 4.46. The van der Waals surface area contributed by atoms with Crippen LogP contribution < -0.4 is 5.32 Å². The van der Waals surface area contributed by atoms with Crippen molar-refractivity contribution in [1.82, 2.24) is 19.7 Å². The number of methoxy groups -OCH3 is 1. The Balaban J connectivity index is 1.36. The Kier molecular flexibility index (Phi) is 8.53. The summed E-state index contributed by atoms with van der Waals surface area (Å²) in [5.41, 5.74) is 5.02. The predicted molar refractivity (Wildman–Crippen MR) is 152 cm³/mol. The molecular weight excluding hydrogens is 492 g/mol. The molecule has 3 unspecified atom stereocenters. The molecule has 8 nitrogen and oxygen atoms in total. The van der Waals surface area contributed by atoms with Gasteiger partial charge in [0.25, 0.3) is 0 Å². The molecule has 1 aromatic heterocycles. The summed E-state index contributed by atoms with van der Waals surface area (Å²) in [6.45, 7) is 6.95. The lowest BCUT2D eigenvalue weighted by Crippen LogP contribution is -2.49. The Bertz CT molecular complexity index is 1290. The first-order chi connectivity index (χ1) is 19.0. The van der Waals surface area contributed by atoms with E-state index in [0.717, 1.165) is 31.4 Å². The lowest BCUT2D eigenvalue weighted by molar-refractivity contribution is -0.136. The van der Waals surface area contributed by atoms with Crippen LogP contribution in [0.25, 0.3) is 10.9 Å². The Morgan fingerprint density at radius 3 is 2.59 bits per heavy atom. The van der Waals surface area contributed by atoms with Gasteiger partial charge in [-0.25, -0.2) is 4.79 Å². The average molecular weight is 533 g/mol. The van der Waals surface area contributed by atoms with Gasteiger partial charge in [0, 0.05) is 75.5 Å². The van der Waals surface area contributed by atoms with Gasteiger partial charge in [0.2, 0.25) is 5.91 Å². The second-order valence-electron chi connectivity index (χ2n) is 11.0. The molecule has 0 saturated carbocycles. The van der Waals surface area contributed by atoms with Crippen LogP contribution in [0.2, 0.25) is 0 Å². The van der Waals surface area contributed by atoms with Crippen molar-refractivity contribution < 1.29 is 19.4 Å². The van der Waals surface area contributed by atoms with E-state index < -0.39 is 18.1 Å². The number of aromatic nitrogens is 1. The number of nitrogens with zero attached hydrogens (tertiary/aromatic N) is 3. The minimum atomic E-state index is -1.08. The number of benzene rings is 2. The molecular formula is C31H40N4O4. The number of amides is 2. The standard InChI is InChI=1S/C31H40N4O4/c1-22-25-13-6-7-14-28(25)35(16-9-17-39-2)29(22)24-12-8-15-34(19-24)30(36)26-20-33(21-27(26)32-31(37)38)18-23-10-4-3-5-11-23/h3-7,10-11,13-14,24,26-27,32H,8-9,12,15-21H2,1-2H3,(H,37,38). The fourth-order valence-corrected chi connectivity index (χ4v) is 6.68. The van der Waals surface area contributed by atoms with E-state index in [1.165, 1.54) is 22.2 Å². The average Bonchev–Trinajstić information content (AvgIpc) is 3.46. The summed E-state index contributed by atoms with van der Waals surface area (Å²) in [5, 5.41) is 13.4. The molecule has 208 valence electrons. The van der Waals surface area contributed by atoms with Gasteiger partial charge >= 0.3 is 6.09 Å². The van der Waals surface area contributed by atoms with E-state index in [0.29, 0.717) is 39.3 Å². The Morgan fingerprint density at radius 2 is 1.82 bits per heavy atom. The van der Waals surface area contributed by atoms with E-state index in [1.807, 2.05) is 23.1 Å². The maximum Gasteiger partial charge on any atom is 0.404 e. The largest absolute Gasteiger partial charge is 0.465 e. The maximum atomic E-state index is 14.0. The third kappa shape index (κ3) is 5.97. The Morgan fingerprint density at radius 1 is 1.05 bits per heavy atom. The van der Waals surface area contributed by atoms with E-state index in [-0.39, 0.29) is 11.8 Å². The zero-order valence-corrected chi connectivity index (χ0v) is 23.0. The fraction of sp³-hybridized carbons (Fsp3) is 0.484. The van der Waals surface area contributed by atoms with Crippen LogP contribution in [0, 0.1) is 12.8 Å². The summed E-state index contributed by atoms with van der Waals surface area (Å²) in [7, 11) is 1.74. The Labute approximate surface area is 230 Å². The molecule has 3 atom stereocenters. The molecule has 2 N–H and O–H groups in total. The van der Waals surface area contributed by atoms with Crippen LogP contribution in [0.15, 0.2) is 54.6 Å². The summed E-state index contributed by atoms with van der Waals surface area (Å²) < 4.78 is 7.78. The number of hydrogen-bond acceptors (Lipinski definition) is 4. The normalized spacial score (nSPS) is 21.9. The van der Waals surface area contributed by atoms with E-state index in [4.69, 9.17) is 4.74 Å². The molecule has 3 heterocycles. The highest BCUT2D eigenvalue weighted by Gasteiger charge is 2.41. The van der Waals surface area contributed by atoms with Gasteiger partial charge in [-0.3, -0.25) is 9.69 Å². The molecule has 5 rings (SSSR count). The number of fused-ring (bicyclic) bond motifs is 1. The molecule has 2 amide bonds. The first kappa shape index (κ1) is 27.2. The number of nitrogens with one attached hydrogen (secondary N) is 1. The van der Waals surface area contributed by atoms with Crippen molar-refractivity contribution in [3.8, 4) is 0 Å². The fourth-order valence-electron chi connectivity index (χ4n) is 6.68. The van der Waals surface area contributed by atoms with Crippen molar-refractivity contribution >= 4 is 22.9 Å². The topological polar surface area (TPSA) is 87.0 Å². The summed E-state index contributed by atoms with van der Waals surface area (Å²) >= 11 is 0. The number of likely N-dealkylation sites (tertiary alicyclic amines) is 2. The van der Waals surface area contributed by atoms with Crippen LogP contribution in [0.4, 0.5) is 4.79 Å². The van der Waals surface area contributed by atoms with Gasteiger partial charge in [-0.15, -0.1) is 0 Å². The van der Waals surface area contributed by atoms with E-state index >= 15 is 0 Å². The third-order valence-electron chi connectivity index (χ3n) is 8.39. The van der Waals surface area contributed by atoms with Crippen LogP contribution in [-0.4, -0.2) is 77.4 Å². The number of hydrogen-bond donors (Lipinski definition) is 2. The van der Waals surface area contributed by atoms with Gasteiger partial charge in [0.1, 0.15) is 0 Å². The number of para-hydroxylation sites is 1. The minimum absolute atomic E-state index is 0.0636. The molecule has 2 saturated heterocycles. The number of piperidine rings is 1. The number of rotatable bonds is 9. The molecule has 0 bridgehead atoms. The number of aryl methyl sites for hydroxylation is 2. The molecule has 0 spiro atoms. The van der Waals surface area contributed by atoms with E-state index in [2.05, 4.69) is 58.1 Å². The smallest absolute Gasteiger partial charge is 0.404 e. The summed E-state index contributed by atoms with van der Waals surface area (Å²) in [5.74, 6) is -0.0868. The molecule has 3 aromatic rings. The SMILES string of the molecule is COCCCn1c(C2CCCN(C(=O)C3CN(Cc4ccccc4)CC3NC(=O)O)C2)c(C)c2ccccc21. The first-order valence-electron chi connectivity index (χ1n) is 14.1. The lowest BCUT2D eigenvalue weighted by atomic mass is 9.90. The van der Waals surface area contributed by atoms with Crippen LogP contribution >= 0.6 is 0 Å². The zero-order valence-electron chi connectivity index (χ0n) is 23.0. The number of carbonyl (C=O) groups is 2. The molecule has 0 radical (unpaired) electrons. The summed E-state index contributed by atoms with van der Waals surface area (Å²) in [6.07, 6.45) is 1.82. The van der Waals surface area contributed by atoms with Crippen molar-refractivity contribution in [2.24, 2.45) is 5.92 Å². The molecule has 0 aliphatic carbocycles. The van der Waals surface area contributed by atoms with Gasteiger partial charge in [0.15, 0.2) is 0 Å². The number of carbonyl (C=O) groups excluding carboxylic acids is 1. The molecule has 2 aromatic carbocycles. The van der Waals surface area contributed by atoms with Gasteiger partial charge in [-0.2, -0.15) is 0 Å². The number of ether oxygens (including phenoxy) is 1. The highest BCUT2D eigenvalue weighted by molar-refractivity contribution is 5.86. The van der Waals surface area contributed by atoms with Crippen molar-refractivity contribution in [3.05, 3.63) is 71.4 Å². The molecule has 39 heavy (non-hydrogen) atoms. The summed E-state index contributed by atoms with van der Waals surface area (Å²) in [6, 6.07) is 18.3. The van der Waals surface area contributed by atoms with Crippen LogP contribution in [-0.2, 0) is 22.6 Å². The van der Waals surface area contributed by atoms with Gasteiger partial charge in [-0.05, 0) is 43.4 Å². The monoisotopic (exact) mass is 532 g/mol. The van der Waals surface area contributed by atoms with E-state index in [9.17, 15) is 14.7 Å². The lowest BCUT2D eigenvalue weighted by Gasteiger charge is -2.36. The minimum Gasteiger partial charge on any atom is -0.465 e. The second-order valence-corrected chi connectivity index (χ2v) is 11.0. The van der Waals surface area contributed by atoms with Crippen molar-refractivity contribution in [1.29, 1.82) is 0 Å². The second kappa shape index (κ2) is 12.2. The summed E-state index contributed by atoms with van der Waals surface area (Å²) in [4.78, 5) is 29.8. The highest BCUT2D eigenvalue weighted by Crippen LogP contribution is 2.36. The van der Waals surface area contributed by atoms with Crippen molar-refractivity contribution in [2.75, 3.05) is 39.9 Å². The molecule has 8 heteroatoms. The molecule has 2 aliphatic rings. The van der Waals surface area contributed by atoms with Gasteiger partial charge in [0.05, 0.1) is 12.0 Å².